The molecular formula is C13H17FN2O. The summed E-state index contributed by atoms with van der Waals surface area (Å²) in [5.74, 6) is -0.641. The van der Waals surface area contributed by atoms with E-state index >= 15 is 0 Å². The van der Waals surface area contributed by atoms with Crippen molar-refractivity contribution in [2.45, 2.75) is 37.8 Å². The first-order valence-electron chi connectivity index (χ1n) is 5.99. The molecule has 1 aromatic rings. The second-order valence-electron chi connectivity index (χ2n) is 4.54. The highest BCUT2D eigenvalue weighted by Crippen LogP contribution is 2.17. The Morgan fingerprint density at radius 1 is 1.35 bits per heavy atom. The number of carbonyl (C=O) groups is 1. The molecule has 92 valence electrons. The van der Waals surface area contributed by atoms with Crippen LogP contribution in [0.25, 0.3) is 0 Å². The van der Waals surface area contributed by atoms with Gasteiger partial charge in [-0.25, -0.2) is 4.39 Å². The molecule has 1 aliphatic rings. The third-order valence-corrected chi connectivity index (χ3v) is 3.22. The fraction of sp³-hybridized carbons (Fsp3) is 0.462. The highest BCUT2D eigenvalue weighted by atomic mass is 19.1. The molecule has 0 aromatic heterocycles. The molecule has 1 amide bonds. The first-order chi connectivity index (χ1) is 8.16. The van der Waals surface area contributed by atoms with Gasteiger partial charge in [0, 0.05) is 17.6 Å². The van der Waals surface area contributed by atoms with Crippen molar-refractivity contribution in [2.75, 3.05) is 0 Å². The van der Waals surface area contributed by atoms with Crippen molar-refractivity contribution < 1.29 is 9.18 Å². The van der Waals surface area contributed by atoms with Crippen LogP contribution < -0.4 is 11.1 Å². The summed E-state index contributed by atoms with van der Waals surface area (Å²) >= 11 is 0. The third-order valence-electron chi connectivity index (χ3n) is 3.22. The van der Waals surface area contributed by atoms with Gasteiger partial charge in [-0.1, -0.05) is 18.9 Å². The highest BCUT2D eigenvalue weighted by Gasteiger charge is 2.23. The summed E-state index contributed by atoms with van der Waals surface area (Å²) in [5, 5.41) is 2.88. The van der Waals surface area contributed by atoms with Crippen LogP contribution in [0.3, 0.4) is 0 Å². The Morgan fingerprint density at radius 3 is 2.82 bits per heavy atom. The Bertz CT molecular complexity index is 408. The number of nitrogens with two attached hydrogens (primary N) is 1. The van der Waals surface area contributed by atoms with E-state index in [1.807, 2.05) is 0 Å². The summed E-state index contributed by atoms with van der Waals surface area (Å²) in [4.78, 5) is 11.9. The summed E-state index contributed by atoms with van der Waals surface area (Å²) < 4.78 is 13.0. The minimum atomic E-state index is -0.398. The van der Waals surface area contributed by atoms with E-state index < -0.39 is 5.82 Å². The van der Waals surface area contributed by atoms with E-state index in [1.54, 1.807) is 6.07 Å². The van der Waals surface area contributed by atoms with Crippen LogP contribution in [-0.4, -0.2) is 18.0 Å². The van der Waals surface area contributed by atoms with Gasteiger partial charge in [-0.15, -0.1) is 0 Å². The van der Waals surface area contributed by atoms with E-state index in [4.69, 9.17) is 5.73 Å². The van der Waals surface area contributed by atoms with E-state index in [0.717, 1.165) is 25.7 Å². The van der Waals surface area contributed by atoms with Crippen molar-refractivity contribution >= 4 is 5.91 Å². The van der Waals surface area contributed by atoms with Crippen molar-refractivity contribution in [1.29, 1.82) is 0 Å². The summed E-state index contributed by atoms with van der Waals surface area (Å²) in [6.45, 7) is 0. The molecule has 0 unspecified atom stereocenters. The molecule has 4 heteroatoms. The molecule has 1 aromatic carbocycles. The number of benzene rings is 1. The topological polar surface area (TPSA) is 55.1 Å². The zero-order valence-electron chi connectivity index (χ0n) is 9.66. The van der Waals surface area contributed by atoms with Crippen molar-refractivity contribution in [3.05, 3.63) is 35.6 Å². The zero-order chi connectivity index (χ0) is 12.3. The van der Waals surface area contributed by atoms with Crippen molar-refractivity contribution in [1.82, 2.24) is 5.32 Å². The largest absolute Gasteiger partial charge is 0.348 e. The average molecular weight is 236 g/mol. The van der Waals surface area contributed by atoms with Crippen LogP contribution in [0.4, 0.5) is 4.39 Å². The Morgan fingerprint density at radius 2 is 2.12 bits per heavy atom. The fourth-order valence-electron chi connectivity index (χ4n) is 2.22. The van der Waals surface area contributed by atoms with Crippen LogP contribution in [0.2, 0.25) is 0 Å². The normalized spacial score (nSPS) is 24.4. The van der Waals surface area contributed by atoms with Gasteiger partial charge in [0.25, 0.3) is 5.91 Å². The molecule has 0 aliphatic heterocycles. The van der Waals surface area contributed by atoms with Crippen LogP contribution in [0, 0.1) is 5.82 Å². The molecule has 0 radical (unpaired) electrons. The monoisotopic (exact) mass is 236 g/mol. The smallest absolute Gasteiger partial charge is 0.251 e. The number of rotatable bonds is 2. The van der Waals surface area contributed by atoms with Crippen molar-refractivity contribution in [3.63, 3.8) is 0 Å². The lowest BCUT2D eigenvalue weighted by molar-refractivity contribution is 0.0921. The average Bonchev–Trinajstić information content (AvgIpc) is 2.32. The molecule has 3 nitrogen and oxygen atoms in total. The van der Waals surface area contributed by atoms with Crippen LogP contribution in [0.15, 0.2) is 24.3 Å². The molecule has 0 spiro atoms. The Balaban J connectivity index is 2.01. The first kappa shape index (κ1) is 12.0. The maximum Gasteiger partial charge on any atom is 0.251 e. The Labute approximate surface area is 100 Å². The van der Waals surface area contributed by atoms with E-state index in [9.17, 15) is 9.18 Å². The standard InChI is InChI=1S/C13H17FN2O/c14-10-5-3-4-9(8-10)13(17)16-12-7-2-1-6-11(12)15/h3-5,8,11-12H,1-2,6-7,15H2,(H,16,17)/t11-,12-/m1/s1. The molecule has 2 rings (SSSR count). The lowest BCUT2D eigenvalue weighted by Gasteiger charge is -2.29. The summed E-state index contributed by atoms with van der Waals surface area (Å²) in [6, 6.07) is 5.73. The van der Waals surface area contributed by atoms with Gasteiger partial charge in [-0.2, -0.15) is 0 Å². The zero-order valence-corrected chi connectivity index (χ0v) is 9.66. The Kier molecular flexibility index (Phi) is 3.74. The van der Waals surface area contributed by atoms with Gasteiger partial charge in [-0.05, 0) is 31.0 Å². The maximum absolute atomic E-state index is 13.0. The SMILES string of the molecule is N[C@@H]1CCCC[C@H]1NC(=O)c1cccc(F)c1. The van der Waals surface area contributed by atoms with Crippen LogP contribution in [0.5, 0.6) is 0 Å². The molecule has 0 heterocycles. The fourth-order valence-corrected chi connectivity index (χ4v) is 2.22. The van der Waals surface area contributed by atoms with E-state index in [1.165, 1.54) is 18.2 Å². The second-order valence-corrected chi connectivity index (χ2v) is 4.54. The summed E-state index contributed by atoms with van der Waals surface area (Å²) in [7, 11) is 0. The predicted molar refractivity (Wildman–Crippen MR) is 64.1 cm³/mol. The second kappa shape index (κ2) is 5.27. The molecule has 1 fully saturated rings. The van der Waals surface area contributed by atoms with Crippen molar-refractivity contribution in [2.24, 2.45) is 5.73 Å². The maximum atomic E-state index is 13.0. The molecule has 1 aliphatic carbocycles. The van der Waals surface area contributed by atoms with Gasteiger partial charge in [0.15, 0.2) is 0 Å². The molecule has 0 bridgehead atoms. The number of halogens is 1. The molecule has 0 saturated heterocycles. The molecule has 1 saturated carbocycles. The number of hydrogen-bond donors (Lipinski definition) is 2. The van der Waals surface area contributed by atoms with Gasteiger partial charge >= 0.3 is 0 Å². The number of amides is 1. The minimum Gasteiger partial charge on any atom is -0.348 e. The van der Waals surface area contributed by atoms with E-state index in [-0.39, 0.29) is 18.0 Å². The van der Waals surface area contributed by atoms with Gasteiger partial charge < -0.3 is 11.1 Å². The molecule has 3 N–H and O–H groups in total. The summed E-state index contributed by atoms with van der Waals surface area (Å²) in [6.07, 6.45) is 4.05. The predicted octanol–water partition coefficient (Wildman–Crippen LogP) is 1.83. The van der Waals surface area contributed by atoms with Gasteiger partial charge in [0.05, 0.1) is 0 Å². The van der Waals surface area contributed by atoms with E-state index in [2.05, 4.69) is 5.32 Å². The van der Waals surface area contributed by atoms with Crippen LogP contribution in [-0.2, 0) is 0 Å². The molecule has 17 heavy (non-hydrogen) atoms. The first-order valence-corrected chi connectivity index (χ1v) is 5.99. The summed E-state index contributed by atoms with van der Waals surface area (Å²) in [5.41, 5.74) is 6.30. The van der Waals surface area contributed by atoms with E-state index in [0.29, 0.717) is 5.56 Å². The number of carbonyl (C=O) groups excluding carboxylic acids is 1. The molecular weight excluding hydrogens is 219 g/mol. The van der Waals surface area contributed by atoms with Crippen LogP contribution >= 0.6 is 0 Å². The minimum absolute atomic E-state index is 0.0134. The van der Waals surface area contributed by atoms with Gasteiger partial charge in [0.2, 0.25) is 0 Å². The Hall–Kier alpha value is -1.42. The van der Waals surface area contributed by atoms with Crippen molar-refractivity contribution in [3.8, 4) is 0 Å². The molecule has 2 atom stereocenters. The lowest BCUT2D eigenvalue weighted by Crippen LogP contribution is -2.49. The van der Waals surface area contributed by atoms with Gasteiger partial charge in [0.1, 0.15) is 5.82 Å². The number of nitrogens with one attached hydrogen (secondary N) is 1. The highest BCUT2D eigenvalue weighted by molar-refractivity contribution is 5.94. The van der Waals surface area contributed by atoms with Crippen LogP contribution in [0.1, 0.15) is 36.0 Å². The number of hydrogen-bond acceptors (Lipinski definition) is 2. The quantitative estimate of drug-likeness (QED) is 0.823. The van der Waals surface area contributed by atoms with Gasteiger partial charge in [-0.3, -0.25) is 4.79 Å². The lowest BCUT2D eigenvalue weighted by atomic mass is 9.91. The third kappa shape index (κ3) is 3.03.